The number of rotatable bonds is 7. The molecule has 3 N–H and O–H groups in total. The molecule has 0 aliphatic heterocycles. The van der Waals surface area contributed by atoms with Crippen molar-refractivity contribution in [2.24, 2.45) is 5.92 Å². The van der Waals surface area contributed by atoms with E-state index in [0.29, 0.717) is 23.6 Å². The number of anilines is 2. The Morgan fingerprint density at radius 1 is 1.05 bits per heavy atom. The van der Waals surface area contributed by atoms with E-state index in [0.717, 1.165) is 35.0 Å². The van der Waals surface area contributed by atoms with Gasteiger partial charge >= 0.3 is 0 Å². The number of nitrogens with two attached hydrogens (primary N) is 1. The van der Waals surface area contributed by atoms with Gasteiger partial charge in [-0.25, -0.2) is 4.98 Å². The molecule has 0 spiro atoms. The summed E-state index contributed by atoms with van der Waals surface area (Å²) in [4.78, 5) is 9.60. The highest BCUT2D eigenvalue weighted by Gasteiger charge is 2.17. The monoisotopic (exact) mass is 506 g/mol. The predicted molar refractivity (Wildman–Crippen MR) is 164 cm³/mol. The van der Waals surface area contributed by atoms with Gasteiger partial charge in [0.05, 0.1) is 5.52 Å². The van der Waals surface area contributed by atoms with E-state index in [1.807, 2.05) is 12.1 Å². The highest BCUT2D eigenvalue weighted by Crippen LogP contribution is 2.37. The fraction of sp³-hybridized carbons (Fsp3) is 0.353. The quantitative estimate of drug-likeness (QED) is 0.314. The molecule has 0 saturated heterocycles. The molecule has 1 aromatic heterocycles. The van der Waals surface area contributed by atoms with Crippen LogP contribution in [0.3, 0.4) is 0 Å². The number of aryl methyl sites for hydroxylation is 2. The second-order valence-electron chi connectivity index (χ2n) is 10.8. The molecule has 4 rings (SSSR count). The molecule has 2 atom stereocenters. The number of allylic oxidation sites excluding steroid dienone is 7. The number of nitrogen functional groups attached to an aromatic ring is 1. The van der Waals surface area contributed by atoms with Gasteiger partial charge in [-0.05, 0) is 86.4 Å². The van der Waals surface area contributed by atoms with Crippen molar-refractivity contribution in [3.63, 3.8) is 0 Å². The van der Waals surface area contributed by atoms with Crippen LogP contribution in [0.1, 0.15) is 77.0 Å². The van der Waals surface area contributed by atoms with Crippen LogP contribution in [0.2, 0.25) is 0 Å². The lowest BCUT2D eigenvalue weighted by molar-refractivity contribution is 0.841. The summed E-state index contributed by atoms with van der Waals surface area (Å²) in [5, 5.41) is 4.29. The Balaban J connectivity index is 1.75. The third-order valence-electron chi connectivity index (χ3n) is 7.84. The van der Waals surface area contributed by atoms with Crippen LogP contribution >= 0.6 is 0 Å². The summed E-state index contributed by atoms with van der Waals surface area (Å²) in [5.41, 5.74) is 18.7. The Morgan fingerprint density at radius 3 is 2.39 bits per heavy atom. The van der Waals surface area contributed by atoms with E-state index >= 15 is 0 Å². The van der Waals surface area contributed by atoms with E-state index in [9.17, 15) is 0 Å². The van der Waals surface area contributed by atoms with E-state index in [4.69, 9.17) is 10.7 Å². The number of nitrogens with zero attached hydrogens (tertiary/aromatic N) is 2. The maximum Gasteiger partial charge on any atom is 0.229 e. The van der Waals surface area contributed by atoms with Gasteiger partial charge < -0.3 is 11.1 Å². The van der Waals surface area contributed by atoms with Crippen molar-refractivity contribution >= 4 is 22.7 Å². The van der Waals surface area contributed by atoms with Gasteiger partial charge in [0.1, 0.15) is 5.82 Å². The summed E-state index contributed by atoms with van der Waals surface area (Å²) in [5.74, 6) is 1.71. The second kappa shape index (κ2) is 11.4. The van der Waals surface area contributed by atoms with Crippen molar-refractivity contribution in [2.75, 3.05) is 11.1 Å². The fourth-order valence-corrected chi connectivity index (χ4v) is 5.45. The lowest BCUT2D eigenvalue weighted by atomic mass is 9.88. The second-order valence-corrected chi connectivity index (χ2v) is 10.8. The van der Waals surface area contributed by atoms with E-state index < -0.39 is 0 Å². The first-order chi connectivity index (χ1) is 18.1. The molecule has 2 aromatic carbocycles. The normalized spacial score (nSPS) is 17.9. The Hall–Kier alpha value is -3.66. The average Bonchev–Trinajstić information content (AvgIpc) is 2.88. The highest BCUT2D eigenvalue weighted by molar-refractivity contribution is 6.00. The molecule has 1 heterocycles. The Bertz CT molecular complexity index is 1460. The summed E-state index contributed by atoms with van der Waals surface area (Å²) in [6, 6.07) is 10.8. The molecule has 0 saturated carbocycles. The molecule has 0 fully saturated rings. The minimum Gasteiger partial charge on any atom is -0.383 e. The molecule has 4 nitrogen and oxygen atoms in total. The van der Waals surface area contributed by atoms with Gasteiger partial charge in [-0.2, -0.15) is 4.98 Å². The third kappa shape index (κ3) is 5.60. The number of benzene rings is 2. The number of aromatic nitrogens is 2. The molecule has 3 aromatic rings. The molecule has 198 valence electrons. The topological polar surface area (TPSA) is 63.8 Å². The molecule has 0 bridgehead atoms. The maximum atomic E-state index is 6.47. The number of hydrogen-bond donors (Lipinski definition) is 2. The van der Waals surface area contributed by atoms with E-state index in [1.54, 1.807) is 0 Å². The average molecular weight is 507 g/mol. The van der Waals surface area contributed by atoms with Crippen molar-refractivity contribution in [1.82, 2.24) is 9.97 Å². The largest absolute Gasteiger partial charge is 0.383 e. The van der Waals surface area contributed by atoms with E-state index in [-0.39, 0.29) is 0 Å². The summed E-state index contributed by atoms with van der Waals surface area (Å²) in [6.07, 6.45) is 11.0. The van der Waals surface area contributed by atoms with Crippen LogP contribution in [0.4, 0.5) is 11.8 Å². The molecule has 1 aliphatic carbocycles. The van der Waals surface area contributed by atoms with Crippen molar-refractivity contribution < 1.29 is 0 Å². The summed E-state index contributed by atoms with van der Waals surface area (Å²) < 4.78 is 0. The van der Waals surface area contributed by atoms with Crippen LogP contribution in [0.15, 0.2) is 77.1 Å². The Kier molecular flexibility index (Phi) is 8.20. The minimum absolute atomic E-state index is 0.331. The number of para-hydroxylation sites is 1. The zero-order valence-corrected chi connectivity index (χ0v) is 24.2. The minimum atomic E-state index is 0.331. The van der Waals surface area contributed by atoms with Crippen LogP contribution in [-0.2, 0) is 0 Å². The SMILES string of the molecule is CC/C(C)=C1\C=CC(Nc2nc(N)c3cccc(-c4c(C)cc(C(C)/C=C(\C)CC)cc4C)c3n2)=CC1C. The van der Waals surface area contributed by atoms with Crippen molar-refractivity contribution in [2.45, 2.75) is 74.1 Å². The van der Waals surface area contributed by atoms with Crippen LogP contribution < -0.4 is 11.1 Å². The van der Waals surface area contributed by atoms with Gasteiger partial charge in [0.2, 0.25) is 5.95 Å². The lowest BCUT2D eigenvalue weighted by Crippen LogP contribution is -2.10. The fourth-order valence-electron chi connectivity index (χ4n) is 5.45. The summed E-state index contributed by atoms with van der Waals surface area (Å²) in [7, 11) is 0. The first kappa shape index (κ1) is 27.4. The van der Waals surface area contributed by atoms with Gasteiger partial charge in [-0.15, -0.1) is 0 Å². The first-order valence-electron chi connectivity index (χ1n) is 13.8. The molecule has 0 amide bonds. The molecule has 38 heavy (non-hydrogen) atoms. The van der Waals surface area contributed by atoms with Gasteiger partial charge in [0, 0.05) is 22.6 Å². The van der Waals surface area contributed by atoms with Gasteiger partial charge in [-0.1, -0.05) is 81.3 Å². The molecule has 2 unspecified atom stereocenters. The van der Waals surface area contributed by atoms with Crippen molar-refractivity contribution in [1.29, 1.82) is 0 Å². The van der Waals surface area contributed by atoms with Crippen molar-refractivity contribution in [3.8, 4) is 11.1 Å². The van der Waals surface area contributed by atoms with Gasteiger partial charge in [0.25, 0.3) is 0 Å². The number of nitrogens with one attached hydrogen (secondary N) is 1. The highest BCUT2D eigenvalue weighted by atomic mass is 15.1. The van der Waals surface area contributed by atoms with Gasteiger partial charge in [-0.3, -0.25) is 0 Å². The molecule has 1 aliphatic rings. The third-order valence-corrected chi connectivity index (χ3v) is 7.84. The number of hydrogen-bond acceptors (Lipinski definition) is 4. The molecular formula is C34H42N4. The zero-order chi connectivity index (χ0) is 27.6. The van der Waals surface area contributed by atoms with Crippen LogP contribution in [0, 0.1) is 19.8 Å². The predicted octanol–water partition coefficient (Wildman–Crippen LogP) is 9.18. The lowest BCUT2D eigenvalue weighted by Gasteiger charge is -2.20. The van der Waals surface area contributed by atoms with Gasteiger partial charge in [0.15, 0.2) is 0 Å². The maximum absolute atomic E-state index is 6.47. The molecular weight excluding hydrogens is 464 g/mol. The number of fused-ring (bicyclic) bond motifs is 1. The zero-order valence-electron chi connectivity index (χ0n) is 24.2. The van der Waals surface area contributed by atoms with Crippen molar-refractivity contribution in [3.05, 3.63) is 93.7 Å². The summed E-state index contributed by atoms with van der Waals surface area (Å²) >= 11 is 0. The standard InChI is InChI=1S/C34H42N4/c1-9-20(3)16-22(5)26-17-24(7)31(25(8)18-26)29-12-11-13-30-32(29)37-34(38-33(30)35)36-27-14-15-28(21(4)10-2)23(6)19-27/h11-19,22-23H,9-10H2,1-8H3,(H3,35,36,37,38)/b20-16+,28-21+. The first-order valence-corrected chi connectivity index (χ1v) is 13.8. The van der Waals surface area contributed by atoms with E-state index in [1.165, 1.54) is 39.0 Å². The van der Waals surface area contributed by atoms with Crippen LogP contribution in [0.25, 0.3) is 22.0 Å². The van der Waals surface area contributed by atoms with Crippen LogP contribution in [0.5, 0.6) is 0 Å². The smallest absolute Gasteiger partial charge is 0.229 e. The Morgan fingerprint density at radius 2 is 1.76 bits per heavy atom. The van der Waals surface area contributed by atoms with E-state index in [2.05, 4.69) is 108 Å². The Labute approximate surface area is 228 Å². The molecule has 0 radical (unpaired) electrons. The molecule has 4 heteroatoms. The summed E-state index contributed by atoms with van der Waals surface area (Å²) in [6.45, 7) is 17.7. The van der Waals surface area contributed by atoms with Crippen LogP contribution in [-0.4, -0.2) is 9.97 Å².